The number of rotatable bonds is 5. The van der Waals surface area contributed by atoms with Crippen molar-refractivity contribution in [3.8, 4) is 0 Å². The van der Waals surface area contributed by atoms with E-state index in [4.69, 9.17) is 5.11 Å². The molecule has 3 heteroatoms. The molecule has 0 spiro atoms. The lowest BCUT2D eigenvalue weighted by Crippen LogP contribution is -1.91. The van der Waals surface area contributed by atoms with E-state index in [1.54, 1.807) is 6.08 Å². The number of carboxylic acids is 1. The number of aldehydes is 1. The molecular weight excluding hydrogens is 204 g/mol. The zero-order valence-corrected chi connectivity index (χ0v) is 9.14. The second-order valence-electron chi connectivity index (χ2n) is 3.57. The largest absolute Gasteiger partial charge is 0.478 e. The van der Waals surface area contributed by atoms with E-state index >= 15 is 0 Å². The van der Waals surface area contributed by atoms with Crippen molar-refractivity contribution in [2.75, 3.05) is 0 Å². The average Bonchev–Trinajstić information content (AvgIpc) is 2.26. The van der Waals surface area contributed by atoms with Crippen LogP contribution in [-0.2, 0) is 16.0 Å². The second kappa shape index (κ2) is 5.85. The third-order valence-electron chi connectivity index (χ3n) is 2.30. The van der Waals surface area contributed by atoms with E-state index in [2.05, 4.69) is 0 Å². The Bertz CT molecular complexity index is 419. The standard InChI is InChI=1S/C13H14O3/c1-10-4-5-11(3-2-8-14)9-12(10)6-7-13(15)16/h4-9H,2-3H2,1H3,(H,15,16)/b7-6+. The third kappa shape index (κ3) is 3.69. The summed E-state index contributed by atoms with van der Waals surface area (Å²) in [6.45, 7) is 1.92. The number of carbonyl (C=O) groups is 2. The lowest BCUT2D eigenvalue weighted by molar-refractivity contribution is -0.131. The molecule has 0 amide bonds. The molecule has 0 aromatic heterocycles. The zero-order valence-electron chi connectivity index (χ0n) is 9.14. The minimum atomic E-state index is -0.960. The smallest absolute Gasteiger partial charge is 0.328 e. The number of aryl methyl sites for hydroxylation is 2. The van der Waals surface area contributed by atoms with Gasteiger partial charge < -0.3 is 9.90 Å². The SMILES string of the molecule is Cc1ccc(CCC=O)cc1/C=C/C(=O)O. The fraction of sp³-hybridized carbons (Fsp3) is 0.231. The van der Waals surface area contributed by atoms with Crippen molar-refractivity contribution in [2.45, 2.75) is 19.8 Å². The molecule has 0 saturated heterocycles. The van der Waals surface area contributed by atoms with Crippen molar-refractivity contribution in [1.29, 1.82) is 0 Å². The van der Waals surface area contributed by atoms with Gasteiger partial charge in [-0.05, 0) is 36.1 Å². The van der Waals surface area contributed by atoms with Gasteiger partial charge in [-0.2, -0.15) is 0 Å². The van der Waals surface area contributed by atoms with Gasteiger partial charge in [-0.15, -0.1) is 0 Å². The summed E-state index contributed by atoms with van der Waals surface area (Å²) in [5, 5.41) is 8.54. The van der Waals surface area contributed by atoms with Crippen LogP contribution < -0.4 is 0 Å². The molecule has 3 nitrogen and oxygen atoms in total. The summed E-state index contributed by atoms with van der Waals surface area (Å²) in [5.41, 5.74) is 2.95. The number of hydrogen-bond acceptors (Lipinski definition) is 2. The predicted octanol–water partition coefficient (Wildman–Crippen LogP) is 2.22. The molecule has 84 valence electrons. The van der Waals surface area contributed by atoms with Crippen LogP contribution >= 0.6 is 0 Å². The average molecular weight is 218 g/mol. The highest BCUT2D eigenvalue weighted by Crippen LogP contribution is 2.14. The summed E-state index contributed by atoms with van der Waals surface area (Å²) in [6.07, 6.45) is 4.75. The number of aliphatic carboxylic acids is 1. The normalized spacial score (nSPS) is 10.6. The number of carbonyl (C=O) groups excluding carboxylic acids is 1. The Balaban J connectivity index is 2.89. The fourth-order valence-electron chi connectivity index (χ4n) is 1.41. The first-order chi connectivity index (χ1) is 7.63. The van der Waals surface area contributed by atoms with Crippen molar-refractivity contribution < 1.29 is 14.7 Å². The van der Waals surface area contributed by atoms with Crippen LogP contribution in [0.3, 0.4) is 0 Å². The summed E-state index contributed by atoms with van der Waals surface area (Å²) in [5.74, 6) is -0.960. The first kappa shape index (κ1) is 12.2. The summed E-state index contributed by atoms with van der Waals surface area (Å²) >= 11 is 0. The minimum Gasteiger partial charge on any atom is -0.478 e. The molecule has 0 aliphatic carbocycles. The maximum absolute atomic E-state index is 10.4. The van der Waals surface area contributed by atoms with E-state index in [0.717, 1.165) is 29.1 Å². The first-order valence-electron chi connectivity index (χ1n) is 5.07. The van der Waals surface area contributed by atoms with Crippen molar-refractivity contribution in [3.63, 3.8) is 0 Å². The second-order valence-corrected chi connectivity index (χ2v) is 3.57. The number of benzene rings is 1. The van der Waals surface area contributed by atoms with Gasteiger partial charge in [0.2, 0.25) is 0 Å². The number of hydrogen-bond donors (Lipinski definition) is 1. The number of carboxylic acid groups (broad SMARTS) is 1. The molecule has 1 aromatic rings. The van der Waals surface area contributed by atoms with E-state index in [9.17, 15) is 9.59 Å². The molecule has 0 aliphatic heterocycles. The molecule has 0 unspecified atom stereocenters. The summed E-state index contributed by atoms with van der Waals surface area (Å²) in [4.78, 5) is 20.7. The van der Waals surface area contributed by atoms with Gasteiger partial charge >= 0.3 is 5.97 Å². The Morgan fingerprint density at radius 2 is 2.19 bits per heavy atom. The quantitative estimate of drug-likeness (QED) is 0.609. The molecule has 16 heavy (non-hydrogen) atoms. The van der Waals surface area contributed by atoms with E-state index < -0.39 is 5.97 Å². The van der Waals surface area contributed by atoms with Crippen LogP contribution in [0.1, 0.15) is 23.1 Å². The Hall–Kier alpha value is -1.90. The molecule has 1 aromatic carbocycles. The maximum Gasteiger partial charge on any atom is 0.328 e. The van der Waals surface area contributed by atoms with Crippen LogP contribution in [0.4, 0.5) is 0 Å². The highest BCUT2D eigenvalue weighted by atomic mass is 16.4. The predicted molar refractivity (Wildman–Crippen MR) is 62.2 cm³/mol. The molecular formula is C13H14O3. The van der Waals surface area contributed by atoms with Crippen LogP contribution in [0, 0.1) is 6.92 Å². The Morgan fingerprint density at radius 3 is 2.81 bits per heavy atom. The van der Waals surface area contributed by atoms with Gasteiger partial charge in [0, 0.05) is 12.5 Å². The van der Waals surface area contributed by atoms with Gasteiger partial charge in [0.25, 0.3) is 0 Å². The highest BCUT2D eigenvalue weighted by molar-refractivity contribution is 5.85. The van der Waals surface area contributed by atoms with Crippen LogP contribution in [0.5, 0.6) is 0 Å². The molecule has 1 rings (SSSR count). The van der Waals surface area contributed by atoms with E-state index in [-0.39, 0.29) is 0 Å². The van der Waals surface area contributed by atoms with E-state index in [0.29, 0.717) is 12.8 Å². The lowest BCUT2D eigenvalue weighted by atomic mass is 10.0. The van der Waals surface area contributed by atoms with Crippen molar-refractivity contribution >= 4 is 18.3 Å². The molecule has 0 bridgehead atoms. The van der Waals surface area contributed by atoms with Crippen LogP contribution in [-0.4, -0.2) is 17.4 Å². The summed E-state index contributed by atoms with van der Waals surface area (Å²) in [6, 6.07) is 5.80. The summed E-state index contributed by atoms with van der Waals surface area (Å²) < 4.78 is 0. The van der Waals surface area contributed by atoms with Gasteiger partial charge in [-0.3, -0.25) is 0 Å². The Morgan fingerprint density at radius 1 is 1.44 bits per heavy atom. The molecule has 0 heterocycles. The maximum atomic E-state index is 10.4. The molecule has 0 radical (unpaired) electrons. The van der Waals surface area contributed by atoms with Crippen LogP contribution in [0.2, 0.25) is 0 Å². The third-order valence-corrected chi connectivity index (χ3v) is 2.30. The molecule has 1 N–H and O–H groups in total. The van der Waals surface area contributed by atoms with Gasteiger partial charge in [0.05, 0.1) is 0 Å². The van der Waals surface area contributed by atoms with Gasteiger partial charge in [0.1, 0.15) is 6.29 Å². The fourth-order valence-corrected chi connectivity index (χ4v) is 1.41. The van der Waals surface area contributed by atoms with E-state index in [1.807, 2.05) is 25.1 Å². The Kier molecular flexibility index (Phi) is 4.45. The molecule has 0 saturated carbocycles. The monoisotopic (exact) mass is 218 g/mol. The van der Waals surface area contributed by atoms with Crippen molar-refractivity contribution in [1.82, 2.24) is 0 Å². The van der Waals surface area contributed by atoms with Gasteiger partial charge in [-0.25, -0.2) is 4.79 Å². The van der Waals surface area contributed by atoms with Crippen molar-refractivity contribution in [3.05, 3.63) is 41.0 Å². The van der Waals surface area contributed by atoms with Crippen LogP contribution in [0.15, 0.2) is 24.3 Å². The first-order valence-corrected chi connectivity index (χ1v) is 5.07. The summed E-state index contributed by atoms with van der Waals surface area (Å²) in [7, 11) is 0. The highest BCUT2D eigenvalue weighted by Gasteiger charge is 1.98. The minimum absolute atomic E-state index is 0.491. The van der Waals surface area contributed by atoms with Gasteiger partial charge in [-0.1, -0.05) is 18.2 Å². The lowest BCUT2D eigenvalue weighted by Gasteiger charge is -2.03. The topological polar surface area (TPSA) is 54.4 Å². The zero-order chi connectivity index (χ0) is 12.0. The van der Waals surface area contributed by atoms with Crippen molar-refractivity contribution in [2.24, 2.45) is 0 Å². The molecule has 0 fully saturated rings. The van der Waals surface area contributed by atoms with Gasteiger partial charge in [0.15, 0.2) is 0 Å². The van der Waals surface area contributed by atoms with E-state index in [1.165, 1.54) is 0 Å². The molecule has 0 aliphatic rings. The molecule has 0 atom stereocenters. The van der Waals surface area contributed by atoms with Crippen LogP contribution in [0.25, 0.3) is 6.08 Å². The Labute approximate surface area is 94.4 Å².